The third-order valence-corrected chi connectivity index (χ3v) is 6.50. The fourth-order valence-corrected chi connectivity index (χ4v) is 4.98. The lowest BCUT2D eigenvalue weighted by Gasteiger charge is -2.21. The summed E-state index contributed by atoms with van der Waals surface area (Å²) in [7, 11) is 0. The van der Waals surface area contributed by atoms with Gasteiger partial charge in [0.25, 0.3) is 0 Å². The van der Waals surface area contributed by atoms with Gasteiger partial charge in [0.1, 0.15) is 0 Å². The molecule has 4 heteroatoms. The minimum absolute atomic E-state index is 0.255. The molecule has 2 saturated carbocycles. The molecule has 21 heavy (non-hydrogen) atoms. The molecule has 2 aliphatic carbocycles. The zero-order chi connectivity index (χ0) is 14.5. The summed E-state index contributed by atoms with van der Waals surface area (Å²) in [5.41, 5.74) is 7.48. The largest absolute Gasteiger partial charge is 0.327 e. The van der Waals surface area contributed by atoms with Crippen molar-refractivity contribution < 1.29 is 0 Å². The van der Waals surface area contributed by atoms with Crippen molar-refractivity contribution >= 4 is 11.8 Å². The molecule has 2 aliphatic rings. The van der Waals surface area contributed by atoms with Gasteiger partial charge in [-0.2, -0.15) is 16.9 Å². The molecule has 3 nitrogen and oxygen atoms in total. The van der Waals surface area contributed by atoms with Crippen LogP contribution in [-0.2, 0) is 6.42 Å². The van der Waals surface area contributed by atoms with Crippen molar-refractivity contribution in [2.75, 3.05) is 5.75 Å². The van der Waals surface area contributed by atoms with Crippen molar-refractivity contribution in [1.82, 2.24) is 9.78 Å². The maximum atomic E-state index is 6.30. The Morgan fingerprint density at radius 3 is 2.62 bits per heavy atom. The molecule has 1 heterocycles. The first-order valence-electron chi connectivity index (χ1n) is 8.72. The molecule has 2 fully saturated rings. The molecule has 0 aromatic carbocycles. The average Bonchev–Trinajstić information content (AvgIpc) is 3.17. The Labute approximate surface area is 133 Å². The number of rotatable bonds is 6. The van der Waals surface area contributed by atoms with Crippen LogP contribution in [0.3, 0.4) is 0 Å². The maximum Gasteiger partial charge on any atom is 0.0640 e. The lowest BCUT2D eigenvalue weighted by Crippen LogP contribution is -2.27. The predicted octanol–water partition coefficient (Wildman–Crippen LogP) is 3.93. The fraction of sp³-hybridized carbons (Fsp3) is 0.824. The van der Waals surface area contributed by atoms with Crippen LogP contribution < -0.4 is 5.73 Å². The van der Waals surface area contributed by atoms with E-state index in [0.29, 0.717) is 6.04 Å². The Morgan fingerprint density at radius 1 is 1.14 bits per heavy atom. The van der Waals surface area contributed by atoms with Crippen LogP contribution in [-0.4, -0.2) is 26.8 Å². The summed E-state index contributed by atoms with van der Waals surface area (Å²) in [5, 5.41) is 5.65. The molecule has 3 rings (SSSR count). The Kier molecular flexibility index (Phi) is 5.64. The SMILES string of the molecule is NC(CSC1CCCC1)Cc1ccn(C2CCCCC2)n1. The minimum Gasteiger partial charge on any atom is -0.327 e. The van der Waals surface area contributed by atoms with E-state index < -0.39 is 0 Å². The van der Waals surface area contributed by atoms with Crippen molar-refractivity contribution in [3.8, 4) is 0 Å². The van der Waals surface area contributed by atoms with Gasteiger partial charge < -0.3 is 5.73 Å². The van der Waals surface area contributed by atoms with Gasteiger partial charge in [-0.3, -0.25) is 4.68 Å². The molecule has 118 valence electrons. The van der Waals surface area contributed by atoms with Gasteiger partial charge in [0.05, 0.1) is 11.7 Å². The van der Waals surface area contributed by atoms with Crippen LogP contribution in [0.1, 0.15) is 69.5 Å². The van der Waals surface area contributed by atoms with Gasteiger partial charge >= 0.3 is 0 Å². The Bertz CT molecular complexity index is 419. The molecule has 0 saturated heterocycles. The summed E-state index contributed by atoms with van der Waals surface area (Å²) < 4.78 is 2.20. The van der Waals surface area contributed by atoms with Gasteiger partial charge in [0, 0.05) is 29.7 Å². The number of nitrogens with zero attached hydrogens (tertiary/aromatic N) is 2. The minimum atomic E-state index is 0.255. The van der Waals surface area contributed by atoms with E-state index in [9.17, 15) is 0 Å². The highest BCUT2D eigenvalue weighted by Crippen LogP contribution is 2.30. The van der Waals surface area contributed by atoms with Gasteiger partial charge in [-0.05, 0) is 31.7 Å². The maximum absolute atomic E-state index is 6.30. The standard InChI is InChI=1S/C17H29N3S/c18-14(13-21-17-8-4-5-9-17)12-15-10-11-20(19-15)16-6-2-1-3-7-16/h10-11,14,16-17H,1-9,12-13,18H2. The summed E-state index contributed by atoms with van der Waals surface area (Å²) in [4.78, 5) is 0. The van der Waals surface area contributed by atoms with Crippen molar-refractivity contribution in [3.05, 3.63) is 18.0 Å². The van der Waals surface area contributed by atoms with Crippen LogP contribution in [0, 0.1) is 0 Å². The van der Waals surface area contributed by atoms with Crippen LogP contribution in [0.25, 0.3) is 0 Å². The van der Waals surface area contributed by atoms with E-state index in [0.717, 1.165) is 17.4 Å². The quantitative estimate of drug-likeness (QED) is 0.866. The number of thioether (sulfide) groups is 1. The predicted molar refractivity (Wildman–Crippen MR) is 90.7 cm³/mol. The lowest BCUT2D eigenvalue weighted by molar-refractivity contribution is 0.328. The first kappa shape index (κ1) is 15.4. The molecule has 0 radical (unpaired) electrons. The van der Waals surface area contributed by atoms with E-state index in [4.69, 9.17) is 10.8 Å². The molecular weight excluding hydrogens is 278 g/mol. The van der Waals surface area contributed by atoms with Crippen molar-refractivity contribution in [3.63, 3.8) is 0 Å². The molecule has 0 amide bonds. The van der Waals surface area contributed by atoms with Crippen molar-refractivity contribution in [2.24, 2.45) is 5.73 Å². The summed E-state index contributed by atoms with van der Waals surface area (Å²) in [6.45, 7) is 0. The summed E-state index contributed by atoms with van der Waals surface area (Å²) >= 11 is 2.09. The molecule has 1 aromatic rings. The summed E-state index contributed by atoms with van der Waals surface area (Å²) in [6, 6.07) is 3.07. The molecule has 1 aromatic heterocycles. The second kappa shape index (κ2) is 7.68. The van der Waals surface area contributed by atoms with Gasteiger partial charge in [0.15, 0.2) is 0 Å². The highest BCUT2D eigenvalue weighted by Gasteiger charge is 2.18. The van der Waals surface area contributed by atoms with Crippen LogP contribution in [0.5, 0.6) is 0 Å². The molecule has 1 atom stereocenters. The second-order valence-corrected chi connectivity index (χ2v) is 8.12. The third kappa shape index (κ3) is 4.49. The molecule has 0 spiro atoms. The van der Waals surface area contributed by atoms with E-state index in [1.807, 2.05) is 0 Å². The zero-order valence-corrected chi connectivity index (χ0v) is 13.9. The highest BCUT2D eigenvalue weighted by atomic mass is 32.2. The molecule has 2 N–H and O–H groups in total. The van der Waals surface area contributed by atoms with Crippen molar-refractivity contribution in [2.45, 2.75) is 81.5 Å². The Balaban J connectivity index is 1.44. The topological polar surface area (TPSA) is 43.8 Å². The highest BCUT2D eigenvalue weighted by molar-refractivity contribution is 7.99. The summed E-state index contributed by atoms with van der Waals surface area (Å²) in [6.07, 6.45) is 15.4. The van der Waals surface area contributed by atoms with E-state index in [1.165, 1.54) is 63.5 Å². The molecule has 0 aliphatic heterocycles. The number of aromatic nitrogens is 2. The van der Waals surface area contributed by atoms with Crippen LogP contribution in [0.15, 0.2) is 12.3 Å². The number of nitrogens with two attached hydrogens (primary N) is 1. The lowest BCUT2D eigenvalue weighted by atomic mass is 9.96. The van der Waals surface area contributed by atoms with Crippen LogP contribution in [0.4, 0.5) is 0 Å². The van der Waals surface area contributed by atoms with Gasteiger partial charge in [-0.25, -0.2) is 0 Å². The van der Waals surface area contributed by atoms with Crippen LogP contribution >= 0.6 is 11.8 Å². The third-order valence-electron chi connectivity index (χ3n) is 4.93. The van der Waals surface area contributed by atoms with Crippen molar-refractivity contribution in [1.29, 1.82) is 0 Å². The normalized spacial score (nSPS) is 22.7. The van der Waals surface area contributed by atoms with Gasteiger partial charge in [-0.15, -0.1) is 0 Å². The first-order chi connectivity index (χ1) is 10.3. The van der Waals surface area contributed by atoms with Gasteiger partial charge in [-0.1, -0.05) is 32.1 Å². The molecule has 1 unspecified atom stereocenters. The molecular formula is C17H29N3S. The zero-order valence-electron chi connectivity index (χ0n) is 13.0. The smallest absolute Gasteiger partial charge is 0.0640 e. The van der Waals surface area contributed by atoms with Gasteiger partial charge in [0.2, 0.25) is 0 Å². The van der Waals surface area contributed by atoms with E-state index in [1.54, 1.807) is 0 Å². The monoisotopic (exact) mass is 307 g/mol. The number of hydrogen-bond acceptors (Lipinski definition) is 3. The molecule has 0 bridgehead atoms. The van der Waals surface area contributed by atoms with Crippen LogP contribution in [0.2, 0.25) is 0 Å². The fourth-order valence-electron chi connectivity index (χ4n) is 3.68. The number of hydrogen-bond donors (Lipinski definition) is 1. The Hall–Kier alpha value is -0.480. The van der Waals surface area contributed by atoms with E-state index in [-0.39, 0.29) is 6.04 Å². The second-order valence-electron chi connectivity index (χ2n) is 6.78. The summed E-state index contributed by atoms with van der Waals surface area (Å²) in [5.74, 6) is 1.08. The van der Waals surface area contributed by atoms with E-state index in [2.05, 4.69) is 28.7 Å². The van der Waals surface area contributed by atoms with E-state index >= 15 is 0 Å². The Morgan fingerprint density at radius 2 is 1.86 bits per heavy atom. The average molecular weight is 308 g/mol. The first-order valence-corrected chi connectivity index (χ1v) is 9.77.